The molecule has 130 valence electrons. The quantitative estimate of drug-likeness (QED) is 0.849. The maximum absolute atomic E-state index is 10.7. The summed E-state index contributed by atoms with van der Waals surface area (Å²) in [4.78, 5) is 2.18. The van der Waals surface area contributed by atoms with Gasteiger partial charge < -0.3 is 20.1 Å². The first-order valence-corrected chi connectivity index (χ1v) is 8.15. The predicted octanol–water partition coefficient (Wildman–Crippen LogP) is 3.28. The number of hydrogen-bond acceptors (Lipinski definition) is 4. The molecule has 3 rings (SSSR count). The van der Waals surface area contributed by atoms with Crippen molar-refractivity contribution in [1.82, 2.24) is 5.32 Å². The topological polar surface area (TPSA) is 44.7 Å². The lowest BCUT2D eigenvalue weighted by Gasteiger charge is -2.40. The molecule has 2 N–H and O–H groups in total. The van der Waals surface area contributed by atoms with Crippen molar-refractivity contribution in [1.29, 1.82) is 0 Å². The molecule has 0 aromatic heterocycles. The minimum absolute atomic E-state index is 0. The minimum Gasteiger partial charge on any atom is -0.490 e. The molecule has 2 atom stereocenters. The molecule has 4 nitrogen and oxygen atoms in total. The van der Waals surface area contributed by atoms with E-state index in [4.69, 9.17) is 16.3 Å². The molecule has 1 heterocycles. The van der Waals surface area contributed by atoms with Gasteiger partial charge in [0, 0.05) is 11.6 Å². The first kappa shape index (κ1) is 18.9. The second kappa shape index (κ2) is 8.58. The average Bonchev–Trinajstić information content (AvgIpc) is 2.57. The number of likely N-dealkylation sites (N-methyl/N-ethyl adjacent to an activating group) is 1. The second-order valence-corrected chi connectivity index (χ2v) is 6.07. The molecular weight excluding hydrogens is 347 g/mol. The Bertz CT molecular complexity index is 655. The lowest BCUT2D eigenvalue weighted by molar-refractivity contribution is 0.135. The van der Waals surface area contributed by atoms with Gasteiger partial charge in [-0.3, -0.25) is 0 Å². The van der Waals surface area contributed by atoms with Gasteiger partial charge in [-0.25, -0.2) is 0 Å². The molecule has 2 aromatic carbocycles. The summed E-state index contributed by atoms with van der Waals surface area (Å²) in [5, 5.41) is 14.5. The van der Waals surface area contributed by atoms with Gasteiger partial charge in [0.25, 0.3) is 0 Å². The van der Waals surface area contributed by atoms with Crippen LogP contribution in [0.1, 0.15) is 11.6 Å². The lowest BCUT2D eigenvalue weighted by atomic mass is 9.98. The van der Waals surface area contributed by atoms with E-state index in [-0.39, 0.29) is 18.4 Å². The van der Waals surface area contributed by atoms with Crippen LogP contribution in [0.25, 0.3) is 0 Å². The van der Waals surface area contributed by atoms with Gasteiger partial charge in [-0.15, -0.1) is 12.4 Å². The van der Waals surface area contributed by atoms with Crippen LogP contribution >= 0.6 is 24.0 Å². The molecule has 1 aliphatic rings. The fourth-order valence-electron chi connectivity index (χ4n) is 3.08. The van der Waals surface area contributed by atoms with E-state index in [2.05, 4.69) is 10.2 Å². The number of hydrogen-bond donors (Lipinski definition) is 2. The third kappa shape index (κ3) is 3.95. The molecule has 0 saturated heterocycles. The minimum atomic E-state index is -0.549. The summed E-state index contributed by atoms with van der Waals surface area (Å²) in [5.74, 6) is 0.804. The monoisotopic (exact) mass is 368 g/mol. The van der Waals surface area contributed by atoms with Crippen molar-refractivity contribution in [2.24, 2.45) is 0 Å². The summed E-state index contributed by atoms with van der Waals surface area (Å²) in [6.07, 6.45) is -0.549. The van der Waals surface area contributed by atoms with Crippen molar-refractivity contribution < 1.29 is 9.84 Å². The highest BCUT2D eigenvalue weighted by molar-refractivity contribution is 6.31. The summed E-state index contributed by atoms with van der Waals surface area (Å²) in [6.45, 7) is 1.80. The fraction of sp³-hybridized carbons (Fsp3) is 0.333. The Kier molecular flexibility index (Phi) is 6.75. The molecule has 24 heavy (non-hydrogen) atoms. The second-order valence-electron chi connectivity index (χ2n) is 5.63. The number of nitrogens with one attached hydrogen (secondary N) is 1. The third-order valence-electron chi connectivity index (χ3n) is 4.07. The van der Waals surface area contributed by atoms with Crippen LogP contribution in [0, 0.1) is 0 Å². The van der Waals surface area contributed by atoms with Gasteiger partial charge in [-0.2, -0.15) is 0 Å². The van der Waals surface area contributed by atoms with Crippen LogP contribution in [0.4, 0.5) is 5.69 Å². The number of rotatable bonds is 5. The Labute approximate surface area is 153 Å². The predicted molar refractivity (Wildman–Crippen MR) is 101 cm³/mol. The molecule has 6 heteroatoms. The van der Waals surface area contributed by atoms with Crippen LogP contribution < -0.4 is 15.0 Å². The first-order valence-electron chi connectivity index (χ1n) is 7.77. The highest BCUT2D eigenvalue weighted by atomic mass is 35.5. The van der Waals surface area contributed by atoms with Gasteiger partial charge in [0.15, 0.2) is 0 Å². The van der Waals surface area contributed by atoms with E-state index in [1.165, 1.54) is 0 Å². The molecule has 0 aliphatic carbocycles. The van der Waals surface area contributed by atoms with Gasteiger partial charge in [0.2, 0.25) is 0 Å². The molecular formula is C18H22Cl2N2O2. The number of aliphatic hydroxyl groups excluding tert-OH is 1. The smallest absolute Gasteiger partial charge is 0.142 e. The van der Waals surface area contributed by atoms with Crippen LogP contribution in [0.3, 0.4) is 0 Å². The SMILES string of the molecule is CNCC(O)C(c1ccccc1)N1CCOc2ccc(Cl)cc21.Cl. The molecule has 1 aliphatic heterocycles. The third-order valence-corrected chi connectivity index (χ3v) is 4.31. The van der Waals surface area contributed by atoms with E-state index in [1.54, 1.807) is 0 Å². The lowest BCUT2D eigenvalue weighted by Crippen LogP contribution is -2.44. The van der Waals surface area contributed by atoms with E-state index in [1.807, 2.05) is 55.6 Å². The Morgan fingerprint density at radius 1 is 1.25 bits per heavy atom. The standard InChI is InChI=1S/C18H21ClN2O2.ClH/c1-20-12-16(22)18(13-5-3-2-4-6-13)21-9-10-23-17-8-7-14(19)11-15(17)21;/h2-8,11,16,18,20,22H,9-10,12H2,1H3;1H. The number of fused-ring (bicyclic) bond motifs is 1. The van der Waals surface area contributed by atoms with E-state index in [9.17, 15) is 5.11 Å². The molecule has 0 bridgehead atoms. The first-order chi connectivity index (χ1) is 11.2. The fourth-order valence-corrected chi connectivity index (χ4v) is 3.25. The van der Waals surface area contributed by atoms with Crippen molar-refractivity contribution in [3.63, 3.8) is 0 Å². The molecule has 0 radical (unpaired) electrons. The Morgan fingerprint density at radius 2 is 2.00 bits per heavy atom. The number of halogens is 2. The summed E-state index contributed by atoms with van der Waals surface area (Å²) in [5.41, 5.74) is 2.00. The number of ether oxygens (including phenoxy) is 1. The Morgan fingerprint density at radius 3 is 2.71 bits per heavy atom. The summed E-state index contributed by atoms with van der Waals surface area (Å²) < 4.78 is 5.74. The molecule has 0 saturated carbocycles. The van der Waals surface area contributed by atoms with Crippen molar-refractivity contribution in [3.8, 4) is 5.75 Å². The van der Waals surface area contributed by atoms with Crippen LogP contribution in [0.15, 0.2) is 48.5 Å². The summed E-state index contributed by atoms with van der Waals surface area (Å²) in [7, 11) is 1.84. The number of anilines is 1. The highest BCUT2D eigenvalue weighted by Crippen LogP contribution is 2.39. The summed E-state index contributed by atoms with van der Waals surface area (Å²) in [6, 6.07) is 15.5. The molecule has 0 spiro atoms. The molecule has 2 aromatic rings. The molecule has 0 fully saturated rings. The zero-order valence-electron chi connectivity index (χ0n) is 13.5. The van der Waals surface area contributed by atoms with E-state index >= 15 is 0 Å². The average molecular weight is 369 g/mol. The van der Waals surface area contributed by atoms with Gasteiger partial charge in [0.1, 0.15) is 12.4 Å². The Hall–Kier alpha value is -1.46. The molecule has 0 amide bonds. The summed E-state index contributed by atoms with van der Waals surface area (Å²) >= 11 is 6.18. The van der Waals surface area contributed by atoms with Crippen LogP contribution in [0.2, 0.25) is 5.02 Å². The number of aliphatic hydroxyl groups is 1. The number of benzene rings is 2. The number of nitrogens with zero attached hydrogens (tertiary/aromatic N) is 1. The highest BCUT2D eigenvalue weighted by Gasteiger charge is 2.31. The van der Waals surface area contributed by atoms with Crippen LogP contribution in [0.5, 0.6) is 5.75 Å². The van der Waals surface area contributed by atoms with Crippen molar-refractivity contribution >= 4 is 29.7 Å². The van der Waals surface area contributed by atoms with E-state index < -0.39 is 6.10 Å². The van der Waals surface area contributed by atoms with Crippen molar-refractivity contribution in [2.75, 3.05) is 31.6 Å². The van der Waals surface area contributed by atoms with Crippen LogP contribution in [-0.4, -0.2) is 38.0 Å². The van der Waals surface area contributed by atoms with E-state index in [0.29, 0.717) is 24.7 Å². The largest absolute Gasteiger partial charge is 0.490 e. The van der Waals surface area contributed by atoms with Crippen LogP contribution in [-0.2, 0) is 0 Å². The van der Waals surface area contributed by atoms with E-state index in [0.717, 1.165) is 17.0 Å². The van der Waals surface area contributed by atoms with Crippen molar-refractivity contribution in [2.45, 2.75) is 12.1 Å². The van der Waals surface area contributed by atoms with Gasteiger partial charge >= 0.3 is 0 Å². The van der Waals surface area contributed by atoms with Gasteiger partial charge in [-0.05, 0) is 30.8 Å². The van der Waals surface area contributed by atoms with Gasteiger partial charge in [-0.1, -0.05) is 41.9 Å². The van der Waals surface area contributed by atoms with Crippen molar-refractivity contribution in [3.05, 3.63) is 59.1 Å². The maximum atomic E-state index is 10.7. The molecule has 2 unspecified atom stereocenters. The normalized spacial score (nSPS) is 15.7. The van der Waals surface area contributed by atoms with Gasteiger partial charge in [0.05, 0.1) is 24.4 Å². The maximum Gasteiger partial charge on any atom is 0.142 e. The zero-order chi connectivity index (χ0) is 16.2. The zero-order valence-corrected chi connectivity index (χ0v) is 15.1. The Balaban J connectivity index is 0.00000208.